The normalized spacial score (nSPS) is 16.1. The number of fused-ring (bicyclic) bond motifs is 3. The Morgan fingerprint density at radius 3 is 2.14 bits per heavy atom. The monoisotopic (exact) mass is 478 g/mol. The van der Waals surface area contributed by atoms with E-state index in [9.17, 15) is 14.4 Å². The van der Waals surface area contributed by atoms with Gasteiger partial charge < -0.3 is 20.1 Å². The Hall–Kier alpha value is -3.35. The van der Waals surface area contributed by atoms with Crippen molar-refractivity contribution in [2.75, 3.05) is 19.7 Å². The smallest absolute Gasteiger partial charge is 0.407 e. The molecule has 1 aliphatic carbocycles. The van der Waals surface area contributed by atoms with Gasteiger partial charge in [-0.05, 0) is 46.4 Å². The van der Waals surface area contributed by atoms with Crippen molar-refractivity contribution in [2.24, 2.45) is 11.3 Å². The van der Waals surface area contributed by atoms with Crippen LogP contribution in [0.2, 0.25) is 0 Å². The van der Waals surface area contributed by atoms with Crippen molar-refractivity contribution < 1.29 is 24.2 Å². The van der Waals surface area contributed by atoms with Crippen LogP contribution < -0.4 is 5.32 Å². The Labute approximate surface area is 206 Å². The maximum Gasteiger partial charge on any atom is 0.407 e. The van der Waals surface area contributed by atoms with E-state index in [-0.39, 0.29) is 36.2 Å². The molecule has 1 heterocycles. The fourth-order valence-electron chi connectivity index (χ4n) is 5.08. The molecule has 0 radical (unpaired) electrons. The molecule has 2 N–H and O–H groups in total. The summed E-state index contributed by atoms with van der Waals surface area (Å²) in [4.78, 5) is 38.5. The first kappa shape index (κ1) is 24.8. The van der Waals surface area contributed by atoms with Gasteiger partial charge in [-0.1, -0.05) is 69.3 Å². The molecule has 1 unspecified atom stereocenters. The van der Waals surface area contributed by atoms with Crippen molar-refractivity contribution in [1.29, 1.82) is 0 Å². The molecule has 35 heavy (non-hydrogen) atoms. The molecule has 2 aliphatic rings. The zero-order valence-electron chi connectivity index (χ0n) is 20.6. The van der Waals surface area contributed by atoms with Gasteiger partial charge in [0.25, 0.3) is 0 Å². The highest BCUT2D eigenvalue weighted by Crippen LogP contribution is 2.44. The van der Waals surface area contributed by atoms with E-state index in [4.69, 9.17) is 9.84 Å². The summed E-state index contributed by atoms with van der Waals surface area (Å²) in [5.41, 5.74) is 4.42. The van der Waals surface area contributed by atoms with E-state index in [1.807, 2.05) is 45.0 Å². The lowest BCUT2D eigenvalue weighted by atomic mass is 9.86. The quantitative estimate of drug-likeness (QED) is 0.576. The van der Waals surface area contributed by atoms with Crippen LogP contribution in [0.15, 0.2) is 48.5 Å². The van der Waals surface area contributed by atoms with Crippen molar-refractivity contribution in [3.05, 3.63) is 59.7 Å². The number of carboxylic acids is 1. The average Bonchev–Trinajstić information content (AvgIpc) is 3.08. The van der Waals surface area contributed by atoms with E-state index < -0.39 is 18.1 Å². The Balaban J connectivity index is 1.37. The molecular weight excluding hydrogens is 444 g/mol. The number of likely N-dealkylation sites (tertiary alicyclic amines) is 1. The van der Waals surface area contributed by atoms with E-state index in [0.717, 1.165) is 22.3 Å². The van der Waals surface area contributed by atoms with Gasteiger partial charge in [0, 0.05) is 25.4 Å². The standard InChI is InChI=1S/C28H34N2O5/c1-28(2,3)14-24(26(33)30-15-18(16-30)12-13-25(31)32)29-27(34)35-17-23-21-10-6-4-8-19(21)20-9-5-7-11-22(20)23/h4-11,18,23-24H,12-17H2,1-3H3,(H,29,34)(H,31,32). The van der Waals surface area contributed by atoms with Crippen molar-refractivity contribution >= 4 is 18.0 Å². The van der Waals surface area contributed by atoms with Gasteiger partial charge in [0.1, 0.15) is 12.6 Å². The molecule has 0 spiro atoms. The topological polar surface area (TPSA) is 95.9 Å². The predicted molar refractivity (Wildman–Crippen MR) is 133 cm³/mol. The number of nitrogens with zero attached hydrogens (tertiary/aromatic N) is 1. The van der Waals surface area contributed by atoms with Gasteiger partial charge >= 0.3 is 12.1 Å². The van der Waals surface area contributed by atoms with E-state index in [0.29, 0.717) is 25.9 Å². The van der Waals surface area contributed by atoms with Crippen molar-refractivity contribution in [2.45, 2.75) is 52.0 Å². The molecule has 2 aromatic rings. The molecule has 1 aliphatic heterocycles. The first-order chi connectivity index (χ1) is 16.6. The van der Waals surface area contributed by atoms with Gasteiger partial charge in [0.05, 0.1) is 0 Å². The fourth-order valence-corrected chi connectivity index (χ4v) is 5.08. The van der Waals surface area contributed by atoms with Gasteiger partial charge in [-0.15, -0.1) is 0 Å². The molecule has 1 saturated heterocycles. The number of hydrogen-bond donors (Lipinski definition) is 2. The molecule has 1 atom stereocenters. The number of aliphatic carboxylic acids is 1. The van der Waals surface area contributed by atoms with E-state index in [2.05, 4.69) is 29.6 Å². The minimum Gasteiger partial charge on any atom is -0.481 e. The Kier molecular flexibility index (Phi) is 7.15. The summed E-state index contributed by atoms with van der Waals surface area (Å²) < 4.78 is 5.67. The number of carboxylic acid groups (broad SMARTS) is 1. The molecule has 0 saturated carbocycles. The number of benzene rings is 2. The number of amides is 2. The van der Waals surface area contributed by atoms with Gasteiger partial charge in [0.2, 0.25) is 5.91 Å². The lowest BCUT2D eigenvalue weighted by Crippen LogP contribution is -2.57. The second-order valence-corrected chi connectivity index (χ2v) is 10.8. The maximum absolute atomic E-state index is 13.1. The number of hydrogen-bond acceptors (Lipinski definition) is 4. The van der Waals surface area contributed by atoms with Crippen LogP contribution in [0.1, 0.15) is 57.1 Å². The van der Waals surface area contributed by atoms with E-state index in [1.165, 1.54) is 0 Å². The van der Waals surface area contributed by atoms with Gasteiger partial charge in [0.15, 0.2) is 0 Å². The maximum atomic E-state index is 13.1. The van der Waals surface area contributed by atoms with Gasteiger partial charge in [-0.3, -0.25) is 9.59 Å². The largest absolute Gasteiger partial charge is 0.481 e. The summed E-state index contributed by atoms with van der Waals surface area (Å²) in [5, 5.41) is 11.7. The molecule has 0 aromatic heterocycles. The highest BCUT2D eigenvalue weighted by atomic mass is 16.5. The number of carbonyl (C=O) groups is 3. The second-order valence-electron chi connectivity index (χ2n) is 10.8. The molecule has 2 amide bonds. The number of rotatable bonds is 8. The van der Waals surface area contributed by atoms with Crippen LogP contribution in [0.3, 0.4) is 0 Å². The van der Waals surface area contributed by atoms with Crippen molar-refractivity contribution in [3.63, 3.8) is 0 Å². The van der Waals surface area contributed by atoms with Crippen LogP contribution in [-0.4, -0.2) is 53.7 Å². The molecule has 1 fully saturated rings. The third kappa shape index (κ3) is 5.84. The van der Waals surface area contributed by atoms with Crippen molar-refractivity contribution in [3.8, 4) is 11.1 Å². The molecule has 4 rings (SSSR count). The first-order valence-corrected chi connectivity index (χ1v) is 12.2. The zero-order chi connectivity index (χ0) is 25.2. The van der Waals surface area contributed by atoms with Gasteiger partial charge in [-0.2, -0.15) is 0 Å². The molecule has 7 nitrogen and oxygen atoms in total. The summed E-state index contributed by atoms with van der Waals surface area (Å²) in [6, 6.07) is 15.6. The summed E-state index contributed by atoms with van der Waals surface area (Å²) in [6.45, 7) is 7.32. The third-order valence-electron chi connectivity index (χ3n) is 6.79. The fraction of sp³-hybridized carbons (Fsp3) is 0.464. The Bertz CT molecular complexity index is 1060. The lowest BCUT2D eigenvalue weighted by molar-refractivity contribution is -0.141. The zero-order valence-corrected chi connectivity index (χ0v) is 20.6. The van der Waals surface area contributed by atoms with Crippen LogP contribution in [0.5, 0.6) is 0 Å². The Morgan fingerprint density at radius 1 is 1.03 bits per heavy atom. The minimum atomic E-state index is -0.822. The van der Waals surface area contributed by atoms with Crippen LogP contribution in [-0.2, 0) is 14.3 Å². The first-order valence-electron chi connectivity index (χ1n) is 12.2. The SMILES string of the molecule is CC(C)(C)CC(NC(=O)OCC1c2ccccc2-c2ccccc21)C(=O)N1CC(CCC(=O)O)C1. The highest BCUT2D eigenvalue weighted by Gasteiger charge is 2.37. The average molecular weight is 479 g/mol. The van der Waals surface area contributed by atoms with E-state index in [1.54, 1.807) is 4.90 Å². The summed E-state index contributed by atoms with van der Waals surface area (Å²) >= 11 is 0. The number of ether oxygens (including phenoxy) is 1. The van der Waals surface area contributed by atoms with Gasteiger partial charge in [-0.25, -0.2) is 4.79 Å². The van der Waals surface area contributed by atoms with Crippen molar-refractivity contribution in [1.82, 2.24) is 10.2 Å². The second kappa shape index (κ2) is 10.1. The predicted octanol–water partition coefficient (Wildman–Crippen LogP) is 4.65. The third-order valence-corrected chi connectivity index (χ3v) is 6.79. The highest BCUT2D eigenvalue weighted by molar-refractivity contribution is 5.86. The molecule has 7 heteroatoms. The summed E-state index contributed by atoms with van der Waals surface area (Å²) in [5.74, 6) is -0.813. The molecular formula is C28H34N2O5. The molecule has 186 valence electrons. The Morgan fingerprint density at radius 2 is 1.60 bits per heavy atom. The van der Waals surface area contributed by atoms with Crippen LogP contribution in [0.4, 0.5) is 4.79 Å². The molecule has 0 bridgehead atoms. The number of alkyl carbamates (subject to hydrolysis) is 1. The molecule has 2 aromatic carbocycles. The number of carbonyl (C=O) groups excluding carboxylic acids is 2. The minimum absolute atomic E-state index is 0.0460. The van der Waals surface area contributed by atoms with Crippen LogP contribution in [0.25, 0.3) is 11.1 Å². The lowest BCUT2D eigenvalue weighted by Gasteiger charge is -2.41. The van der Waals surface area contributed by atoms with Crippen LogP contribution in [0, 0.1) is 11.3 Å². The number of nitrogens with one attached hydrogen (secondary N) is 1. The summed E-state index contributed by atoms with van der Waals surface area (Å²) in [6.07, 6.45) is 0.545. The van der Waals surface area contributed by atoms with E-state index >= 15 is 0 Å². The summed E-state index contributed by atoms with van der Waals surface area (Å²) in [7, 11) is 0. The van der Waals surface area contributed by atoms with Crippen LogP contribution >= 0.6 is 0 Å².